The Morgan fingerprint density at radius 2 is 1.38 bits per heavy atom. The molecule has 3 aromatic carbocycles. The summed E-state index contributed by atoms with van der Waals surface area (Å²) in [6.07, 6.45) is 0. The van der Waals surface area contributed by atoms with Crippen molar-refractivity contribution < 1.29 is 28.8 Å². The summed E-state index contributed by atoms with van der Waals surface area (Å²) >= 11 is 11.7. The first-order valence-electron chi connectivity index (χ1n) is 8.96. The SMILES string of the molecule is O=C(COC(=O)c1ccc(Cl)c(Cl)c1)c1ccc(OC(=O)c2ccc([N+](=O)[O-])cc2)cc1. The number of halogens is 2. The smallest absolute Gasteiger partial charge is 0.343 e. The summed E-state index contributed by atoms with van der Waals surface area (Å²) in [7, 11) is 0. The number of carbonyl (C=O) groups excluding carboxylic acids is 3. The van der Waals surface area contributed by atoms with Crippen LogP contribution in [0.15, 0.2) is 66.7 Å². The van der Waals surface area contributed by atoms with E-state index in [-0.39, 0.29) is 38.2 Å². The molecule has 162 valence electrons. The van der Waals surface area contributed by atoms with Gasteiger partial charge in [-0.2, -0.15) is 0 Å². The molecule has 0 bridgehead atoms. The van der Waals surface area contributed by atoms with E-state index in [4.69, 9.17) is 32.7 Å². The molecule has 0 spiro atoms. The number of carbonyl (C=O) groups is 3. The van der Waals surface area contributed by atoms with Crippen molar-refractivity contribution in [1.29, 1.82) is 0 Å². The summed E-state index contributed by atoms with van der Waals surface area (Å²) in [6.45, 7) is -0.499. The Bertz CT molecular complexity index is 1190. The molecule has 0 heterocycles. The largest absolute Gasteiger partial charge is 0.454 e. The van der Waals surface area contributed by atoms with Crippen molar-refractivity contribution in [2.24, 2.45) is 0 Å². The highest BCUT2D eigenvalue weighted by Crippen LogP contribution is 2.23. The third-order valence-corrected chi connectivity index (χ3v) is 4.93. The van der Waals surface area contributed by atoms with Gasteiger partial charge in [0.15, 0.2) is 12.4 Å². The van der Waals surface area contributed by atoms with Crippen LogP contribution in [0.4, 0.5) is 5.69 Å². The molecule has 0 aliphatic rings. The zero-order chi connectivity index (χ0) is 23.3. The Labute approximate surface area is 191 Å². The van der Waals surface area contributed by atoms with Crippen LogP contribution < -0.4 is 4.74 Å². The summed E-state index contributed by atoms with van der Waals surface area (Å²) in [4.78, 5) is 46.5. The topological polar surface area (TPSA) is 113 Å². The molecule has 0 saturated heterocycles. The predicted molar refractivity (Wildman–Crippen MR) is 116 cm³/mol. The second-order valence-corrected chi connectivity index (χ2v) is 7.16. The van der Waals surface area contributed by atoms with E-state index >= 15 is 0 Å². The minimum Gasteiger partial charge on any atom is -0.454 e. The highest BCUT2D eigenvalue weighted by molar-refractivity contribution is 6.42. The van der Waals surface area contributed by atoms with Crippen LogP contribution in [0.1, 0.15) is 31.1 Å². The molecule has 0 aromatic heterocycles. The lowest BCUT2D eigenvalue weighted by atomic mass is 10.1. The highest BCUT2D eigenvalue weighted by atomic mass is 35.5. The van der Waals surface area contributed by atoms with Gasteiger partial charge in [0, 0.05) is 17.7 Å². The van der Waals surface area contributed by atoms with Gasteiger partial charge >= 0.3 is 11.9 Å². The van der Waals surface area contributed by atoms with Gasteiger partial charge in [0.25, 0.3) is 5.69 Å². The van der Waals surface area contributed by atoms with Crippen molar-refractivity contribution >= 4 is 46.6 Å². The molecule has 0 unspecified atom stereocenters. The molecule has 3 rings (SSSR count). The Balaban J connectivity index is 1.56. The van der Waals surface area contributed by atoms with E-state index in [0.29, 0.717) is 0 Å². The Kier molecular flexibility index (Phi) is 7.19. The van der Waals surface area contributed by atoms with Gasteiger partial charge in [-0.1, -0.05) is 23.2 Å². The maximum atomic E-state index is 12.3. The highest BCUT2D eigenvalue weighted by Gasteiger charge is 2.15. The minimum absolute atomic E-state index is 0.130. The number of hydrogen-bond acceptors (Lipinski definition) is 7. The summed E-state index contributed by atoms with van der Waals surface area (Å²) in [6, 6.07) is 14.8. The van der Waals surface area contributed by atoms with Crippen LogP contribution >= 0.6 is 23.2 Å². The van der Waals surface area contributed by atoms with Crippen LogP contribution in [0.5, 0.6) is 5.75 Å². The normalized spacial score (nSPS) is 10.3. The van der Waals surface area contributed by atoms with E-state index < -0.39 is 29.3 Å². The Morgan fingerprint density at radius 1 is 0.781 bits per heavy atom. The van der Waals surface area contributed by atoms with E-state index in [0.717, 1.165) is 0 Å². The number of Topliss-reactive ketones (excluding diaryl/α,β-unsaturated/α-hetero) is 1. The quantitative estimate of drug-likeness (QED) is 0.153. The molecular formula is C22H13Cl2NO7. The molecule has 0 aliphatic heterocycles. The molecule has 32 heavy (non-hydrogen) atoms. The standard InChI is InChI=1S/C22H13Cl2NO7/c23-18-10-5-15(11-19(18)24)21(27)31-12-20(26)13-3-8-17(9-4-13)32-22(28)14-1-6-16(7-2-14)25(29)30/h1-11H,12H2. The zero-order valence-corrected chi connectivity index (χ0v) is 17.6. The van der Waals surface area contributed by atoms with Gasteiger partial charge in [-0.3, -0.25) is 14.9 Å². The van der Waals surface area contributed by atoms with E-state index in [1.807, 2.05) is 0 Å². The van der Waals surface area contributed by atoms with E-state index in [2.05, 4.69) is 0 Å². The number of rotatable bonds is 7. The molecule has 0 atom stereocenters. The molecule has 0 aliphatic carbocycles. The van der Waals surface area contributed by atoms with Gasteiger partial charge in [0.05, 0.1) is 26.1 Å². The van der Waals surface area contributed by atoms with E-state index in [1.165, 1.54) is 66.7 Å². The summed E-state index contributed by atoms with van der Waals surface area (Å²) in [5, 5.41) is 11.1. The predicted octanol–water partition coefficient (Wildman–Crippen LogP) is 5.16. The Morgan fingerprint density at radius 3 is 1.97 bits per heavy atom. The van der Waals surface area contributed by atoms with Gasteiger partial charge in [0.1, 0.15) is 5.75 Å². The third-order valence-electron chi connectivity index (χ3n) is 4.19. The minimum atomic E-state index is -0.731. The van der Waals surface area contributed by atoms with Crippen molar-refractivity contribution in [2.45, 2.75) is 0 Å². The van der Waals surface area contributed by atoms with Crippen LogP contribution in [-0.2, 0) is 4.74 Å². The lowest BCUT2D eigenvalue weighted by molar-refractivity contribution is -0.384. The number of esters is 2. The van der Waals surface area contributed by atoms with Crippen LogP contribution in [0.3, 0.4) is 0 Å². The Hall–Kier alpha value is -3.75. The fourth-order valence-electron chi connectivity index (χ4n) is 2.51. The van der Waals surface area contributed by atoms with Gasteiger partial charge in [0.2, 0.25) is 0 Å². The van der Waals surface area contributed by atoms with Gasteiger partial charge < -0.3 is 9.47 Å². The van der Waals surface area contributed by atoms with Gasteiger partial charge in [-0.15, -0.1) is 0 Å². The van der Waals surface area contributed by atoms with Crippen molar-refractivity contribution in [2.75, 3.05) is 6.61 Å². The number of nitro benzene ring substituents is 1. The van der Waals surface area contributed by atoms with Gasteiger partial charge in [-0.25, -0.2) is 9.59 Å². The molecule has 10 heteroatoms. The fraction of sp³-hybridized carbons (Fsp3) is 0.0455. The first kappa shape index (κ1) is 22.9. The molecule has 0 saturated carbocycles. The molecule has 0 N–H and O–H groups in total. The molecular weight excluding hydrogens is 461 g/mol. The first-order chi connectivity index (χ1) is 15.2. The van der Waals surface area contributed by atoms with Crippen LogP contribution in [0.25, 0.3) is 0 Å². The zero-order valence-electron chi connectivity index (χ0n) is 16.1. The molecule has 8 nitrogen and oxygen atoms in total. The maximum absolute atomic E-state index is 12.3. The molecule has 0 radical (unpaired) electrons. The molecule has 3 aromatic rings. The lowest BCUT2D eigenvalue weighted by Crippen LogP contribution is -2.14. The van der Waals surface area contributed by atoms with E-state index in [1.54, 1.807) is 0 Å². The summed E-state index contributed by atoms with van der Waals surface area (Å²) < 4.78 is 10.2. The van der Waals surface area contributed by atoms with E-state index in [9.17, 15) is 24.5 Å². The van der Waals surface area contributed by atoms with Crippen molar-refractivity contribution in [3.63, 3.8) is 0 Å². The van der Waals surface area contributed by atoms with Crippen molar-refractivity contribution in [1.82, 2.24) is 0 Å². The van der Waals surface area contributed by atoms with Crippen LogP contribution in [0, 0.1) is 10.1 Å². The average Bonchev–Trinajstić information content (AvgIpc) is 2.79. The number of benzene rings is 3. The van der Waals surface area contributed by atoms with Gasteiger partial charge in [-0.05, 0) is 54.6 Å². The number of ketones is 1. The number of hydrogen-bond donors (Lipinski definition) is 0. The van der Waals surface area contributed by atoms with Crippen LogP contribution in [0.2, 0.25) is 10.0 Å². The number of nitrogens with zero attached hydrogens (tertiary/aromatic N) is 1. The monoisotopic (exact) mass is 473 g/mol. The number of non-ortho nitro benzene ring substituents is 1. The average molecular weight is 474 g/mol. The second kappa shape index (κ2) is 10.0. The maximum Gasteiger partial charge on any atom is 0.343 e. The van der Waals surface area contributed by atoms with Crippen LogP contribution in [-0.4, -0.2) is 29.3 Å². The first-order valence-corrected chi connectivity index (χ1v) is 9.72. The second-order valence-electron chi connectivity index (χ2n) is 6.35. The third kappa shape index (κ3) is 5.69. The number of ether oxygens (including phenoxy) is 2. The van der Waals surface area contributed by atoms with Crippen molar-refractivity contribution in [3.8, 4) is 5.75 Å². The lowest BCUT2D eigenvalue weighted by Gasteiger charge is -2.07. The fourth-order valence-corrected chi connectivity index (χ4v) is 2.81. The summed E-state index contributed by atoms with van der Waals surface area (Å²) in [5.74, 6) is -1.75. The van der Waals surface area contributed by atoms with Crippen molar-refractivity contribution in [3.05, 3.63) is 104 Å². The number of nitro groups is 1. The molecule has 0 amide bonds. The summed E-state index contributed by atoms with van der Waals surface area (Å²) in [5.41, 5.74) is 0.372. The molecule has 0 fully saturated rings.